The summed E-state index contributed by atoms with van der Waals surface area (Å²) in [6.07, 6.45) is 8.51. The molecular weight excluding hydrogens is 490 g/mol. The van der Waals surface area contributed by atoms with Gasteiger partial charge in [0.05, 0.1) is 6.04 Å². The van der Waals surface area contributed by atoms with Crippen molar-refractivity contribution in [2.75, 3.05) is 32.7 Å². The number of nitrogens with one attached hydrogen (secondary N) is 1. The molecule has 1 N–H and O–H groups in total. The van der Waals surface area contributed by atoms with Crippen molar-refractivity contribution in [1.29, 1.82) is 0 Å². The topological polar surface area (TPSA) is 35.6 Å². The predicted octanol–water partition coefficient (Wildman–Crippen LogP) is 6.56. The van der Waals surface area contributed by atoms with Crippen molar-refractivity contribution in [3.8, 4) is 12.0 Å². The van der Waals surface area contributed by atoms with Crippen LogP contribution in [0.25, 0.3) is 0 Å². The molecule has 2 fully saturated rings. The maximum absolute atomic E-state index is 12.9. The normalized spacial score (nSPS) is 17.2. The van der Waals surface area contributed by atoms with Gasteiger partial charge >= 0.3 is 0 Å². The summed E-state index contributed by atoms with van der Waals surface area (Å²) in [6.45, 7) is 5.00. The Morgan fingerprint density at radius 3 is 1.95 bits per heavy atom. The molecule has 3 aromatic carbocycles. The molecule has 1 unspecified atom stereocenters. The minimum atomic E-state index is -0.105. The number of benzene rings is 3. The number of hydrogen-bond acceptors (Lipinski definition) is 3. The Bertz CT molecular complexity index is 1180. The second-order valence-electron chi connectivity index (χ2n) is 11.4. The van der Waals surface area contributed by atoms with Crippen LogP contribution < -0.4 is 5.32 Å². The first kappa shape index (κ1) is 28.0. The van der Waals surface area contributed by atoms with Crippen LogP contribution >= 0.6 is 0 Å². The van der Waals surface area contributed by atoms with E-state index in [0.29, 0.717) is 17.4 Å². The highest BCUT2D eigenvalue weighted by molar-refractivity contribution is 5.94. The van der Waals surface area contributed by atoms with Gasteiger partial charge in [0.15, 0.2) is 0 Å². The molecular formula is C36H43N3O. The molecule has 3 aromatic rings. The maximum atomic E-state index is 12.9. The van der Waals surface area contributed by atoms with Gasteiger partial charge in [0.2, 0.25) is 0 Å². The average Bonchev–Trinajstić information content (AvgIpc) is 3.02. The number of hydrogen-bond donors (Lipinski definition) is 1. The van der Waals surface area contributed by atoms with Gasteiger partial charge in [-0.2, -0.15) is 0 Å². The number of carbonyl (C=O) groups excluding carboxylic acids is 1. The molecule has 1 heterocycles. The molecule has 0 spiro atoms. The summed E-state index contributed by atoms with van der Waals surface area (Å²) in [5, 5.41) is 3.24. The van der Waals surface area contributed by atoms with Crippen molar-refractivity contribution in [1.82, 2.24) is 15.1 Å². The minimum Gasteiger partial charge on any atom is -0.338 e. The van der Waals surface area contributed by atoms with E-state index in [2.05, 4.69) is 87.7 Å². The van der Waals surface area contributed by atoms with Crippen LogP contribution in [0.4, 0.5) is 0 Å². The first-order valence-corrected chi connectivity index (χ1v) is 15.2. The van der Waals surface area contributed by atoms with Gasteiger partial charge in [-0.1, -0.05) is 117 Å². The van der Waals surface area contributed by atoms with E-state index in [1.54, 1.807) is 0 Å². The fourth-order valence-corrected chi connectivity index (χ4v) is 6.20. The van der Waals surface area contributed by atoms with Crippen LogP contribution in [-0.2, 0) is 0 Å². The Kier molecular flexibility index (Phi) is 10.3. The van der Waals surface area contributed by atoms with Crippen LogP contribution in [0.1, 0.15) is 72.3 Å². The van der Waals surface area contributed by atoms with Gasteiger partial charge in [-0.3, -0.25) is 9.69 Å². The number of nitrogens with zero attached hydrogens (tertiary/aromatic N) is 2. The lowest BCUT2D eigenvalue weighted by Crippen LogP contribution is -2.45. The summed E-state index contributed by atoms with van der Waals surface area (Å²) in [6, 6.07) is 34.7. The fourth-order valence-electron chi connectivity index (χ4n) is 6.20. The van der Waals surface area contributed by atoms with Crippen molar-refractivity contribution < 1.29 is 4.79 Å². The highest BCUT2D eigenvalue weighted by Crippen LogP contribution is 2.29. The lowest BCUT2D eigenvalue weighted by atomic mass is 9.85. The Morgan fingerprint density at radius 2 is 1.35 bits per heavy atom. The van der Waals surface area contributed by atoms with Crippen molar-refractivity contribution in [3.63, 3.8) is 0 Å². The van der Waals surface area contributed by atoms with Gasteiger partial charge in [0, 0.05) is 43.7 Å². The van der Waals surface area contributed by atoms with E-state index in [0.717, 1.165) is 45.6 Å². The van der Waals surface area contributed by atoms with Crippen molar-refractivity contribution in [2.45, 2.75) is 56.9 Å². The lowest BCUT2D eigenvalue weighted by molar-refractivity contribution is 0.0940. The molecule has 1 saturated heterocycles. The molecule has 40 heavy (non-hydrogen) atoms. The van der Waals surface area contributed by atoms with Crippen LogP contribution in [-0.4, -0.2) is 54.5 Å². The quantitative estimate of drug-likeness (QED) is 0.317. The molecule has 1 aliphatic heterocycles. The summed E-state index contributed by atoms with van der Waals surface area (Å²) in [5.41, 5.74) is 3.48. The van der Waals surface area contributed by atoms with Crippen molar-refractivity contribution >= 4 is 5.91 Å². The van der Waals surface area contributed by atoms with E-state index in [1.165, 1.54) is 43.2 Å². The van der Waals surface area contributed by atoms with Crippen LogP contribution in [0, 0.1) is 17.9 Å². The van der Waals surface area contributed by atoms with Crippen LogP contribution in [0.5, 0.6) is 0 Å². The molecule has 1 saturated carbocycles. The second kappa shape index (κ2) is 14.7. The SMILES string of the molecule is O=C(NC(C#CN1CCN(CCC(c2ccccc2)c2ccccc2)CC1)CC1CCCCC1)c1ccccc1. The number of amides is 1. The summed E-state index contributed by atoms with van der Waals surface area (Å²) < 4.78 is 0. The van der Waals surface area contributed by atoms with Gasteiger partial charge in [-0.05, 0) is 48.6 Å². The molecule has 1 amide bonds. The maximum Gasteiger partial charge on any atom is 0.252 e. The van der Waals surface area contributed by atoms with Gasteiger partial charge in [-0.25, -0.2) is 0 Å². The zero-order chi connectivity index (χ0) is 27.4. The molecule has 4 heteroatoms. The summed E-state index contributed by atoms with van der Waals surface area (Å²) in [5.74, 6) is 4.52. The van der Waals surface area contributed by atoms with Crippen LogP contribution in [0.3, 0.4) is 0 Å². The zero-order valence-corrected chi connectivity index (χ0v) is 23.7. The lowest BCUT2D eigenvalue weighted by Gasteiger charge is -2.33. The third kappa shape index (κ3) is 8.23. The fraction of sp³-hybridized carbons (Fsp3) is 0.417. The highest BCUT2D eigenvalue weighted by atomic mass is 16.1. The summed E-state index contributed by atoms with van der Waals surface area (Å²) in [7, 11) is 0. The first-order chi connectivity index (χ1) is 19.7. The van der Waals surface area contributed by atoms with Gasteiger partial charge in [0.1, 0.15) is 0 Å². The minimum absolute atomic E-state index is 0.0214. The van der Waals surface area contributed by atoms with E-state index < -0.39 is 0 Å². The molecule has 2 aliphatic rings. The molecule has 0 radical (unpaired) electrons. The first-order valence-electron chi connectivity index (χ1n) is 15.2. The highest BCUT2D eigenvalue weighted by Gasteiger charge is 2.21. The van der Waals surface area contributed by atoms with Gasteiger partial charge < -0.3 is 10.2 Å². The van der Waals surface area contributed by atoms with Crippen molar-refractivity contribution in [3.05, 3.63) is 108 Å². The average molecular weight is 534 g/mol. The van der Waals surface area contributed by atoms with Crippen molar-refractivity contribution in [2.24, 2.45) is 5.92 Å². The van der Waals surface area contributed by atoms with Crippen LogP contribution in [0.2, 0.25) is 0 Å². The van der Waals surface area contributed by atoms with E-state index in [1.807, 2.05) is 30.3 Å². The van der Waals surface area contributed by atoms with Crippen LogP contribution in [0.15, 0.2) is 91.0 Å². The third-order valence-corrected chi connectivity index (χ3v) is 8.54. The number of rotatable bonds is 9. The predicted molar refractivity (Wildman–Crippen MR) is 164 cm³/mol. The van der Waals surface area contributed by atoms with Gasteiger partial charge in [-0.15, -0.1) is 0 Å². The summed E-state index contributed by atoms with van der Waals surface area (Å²) in [4.78, 5) is 17.8. The third-order valence-electron chi connectivity index (χ3n) is 8.54. The standard InChI is InChI=1S/C36H43N3O/c40-36(33-19-11-4-12-20-33)37-34(29-30-13-5-1-6-14-30)21-23-38-25-27-39(28-26-38)24-22-35(31-15-7-2-8-16-31)32-17-9-3-10-18-32/h2-4,7-12,15-20,30,34-35H,1,5-6,13-14,22,24-29H2,(H,37,40). The zero-order valence-electron chi connectivity index (χ0n) is 23.7. The van der Waals surface area contributed by atoms with E-state index in [-0.39, 0.29) is 11.9 Å². The Hall–Kier alpha value is -3.55. The smallest absolute Gasteiger partial charge is 0.252 e. The second-order valence-corrected chi connectivity index (χ2v) is 11.4. The summed E-state index contributed by atoms with van der Waals surface area (Å²) >= 11 is 0. The molecule has 4 nitrogen and oxygen atoms in total. The molecule has 1 atom stereocenters. The Labute approximate surface area is 240 Å². The Balaban J connectivity index is 1.16. The van der Waals surface area contributed by atoms with E-state index in [9.17, 15) is 4.79 Å². The Morgan fingerprint density at radius 1 is 0.775 bits per heavy atom. The molecule has 5 rings (SSSR count). The molecule has 208 valence electrons. The number of piperazine rings is 1. The number of carbonyl (C=O) groups is 1. The van der Waals surface area contributed by atoms with Gasteiger partial charge in [0.25, 0.3) is 5.91 Å². The molecule has 0 bridgehead atoms. The monoisotopic (exact) mass is 533 g/mol. The van der Waals surface area contributed by atoms with E-state index in [4.69, 9.17) is 0 Å². The molecule has 0 aromatic heterocycles. The largest absolute Gasteiger partial charge is 0.338 e. The molecule has 1 aliphatic carbocycles. The van der Waals surface area contributed by atoms with E-state index >= 15 is 0 Å².